The first-order chi connectivity index (χ1) is 10.2. The molecule has 0 atom stereocenters. The number of carbonyl (C=O) groups is 1. The van der Waals surface area contributed by atoms with Crippen LogP contribution < -0.4 is 4.74 Å². The lowest BCUT2D eigenvalue weighted by atomic mass is 9.83. The minimum absolute atomic E-state index is 0.156. The quantitative estimate of drug-likeness (QED) is 0.580. The average molecular weight is 357 g/mol. The molecule has 1 heterocycles. The van der Waals surface area contributed by atoms with Crippen LogP contribution in [-0.4, -0.2) is 38.2 Å². The van der Waals surface area contributed by atoms with Crippen LogP contribution >= 0.6 is 15.9 Å². The molecule has 4 nitrogen and oxygen atoms in total. The lowest BCUT2D eigenvalue weighted by molar-refractivity contribution is -0.139. The van der Waals surface area contributed by atoms with E-state index in [1.807, 2.05) is 24.3 Å². The number of hydrogen-bond acceptors (Lipinski definition) is 4. The summed E-state index contributed by atoms with van der Waals surface area (Å²) >= 11 is 3.60. The van der Waals surface area contributed by atoms with Gasteiger partial charge in [0, 0.05) is 24.0 Å². The Morgan fingerprint density at radius 2 is 1.95 bits per heavy atom. The second kappa shape index (κ2) is 7.80. The largest absolute Gasteiger partial charge is 0.493 e. The van der Waals surface area contributed by atoms with Crippen molar-refractivity contribution in [3.8, 4) is 5.75 Å². The van der Waals surface area contributed by atoms with Crippen molar-refractivity contribution in [2.45, 2.75) is 19.3 Å². The molecule has 1 aromatic carbocycles. The number of hydrogen-bond donors (Lipinski definition) is 0. The van der Waals surface area contributed by atoms with E-state index in [0.717, 1.165) is 42.7 Å². The highest BCUT2D eigenvalue weighted by atomic mass is 79.9. The molecule has 0 amide bonds. The number of carbonyl (C=O) groups excluding carboxylic acids is 1. The zero-order valence-electron chi connectivity index (χ0n) is 12.3. The van der Waals surface area contributed by atoms with Gasteiger partial charge in [-0.25, -0.2) is 0 Å². The third-order valence-corrected chi connectivity index (χ3v) is 5.07. The van der Waals surface area contributed by atoms with E-state index in [-0.39, 0.29) is 11.4 Å². The summed E-state index contributed by atoms with van der Waals surface area (Å²) in [4.78, 5) is 11.2. The standard InChI is InChI=1S/C16H21BrO4/c1-19-15(18)10-13-2-4-14(5-3-13)21-12-16(11-17)6-8-20-9-7-16/h2-5H,6-12H2,1H3. The van der Waals surface area contributed by atoms with E-state index in [4.69, 9.17) is 9.47 Å². The minimum Gasteiger partial charge on any atom is -0.493 e. The predicted molar refractivity (Wildman–Crippen MR) is 83.9 cm³/mol. The van der Waals surface area contributed by atoms with Crippen LogP contribution in [0.15, 0.2) is 24.3 Å². The van der Waals surface area contributed by atoms with E-state index >= 15 is 0 Å². The zero-order chi connectivity index (χ0) is 15.1. The number of halogens is 1. The Morgan fingerprint density at radius 3 is 2.52 bits per heavy atom. The van der Waals surface area contributed by atoms with Crippen molar-refractivity contribution >= 4 is 21.9 Å². The molecule has 1 saturated heterocycles. The van der Waals surface area contributed by atoms with Crippen LogP contribution in [0.4, 0.5) is 0 Å². The second-order valence-electron chi connectivity index (χ2n) is 5.43. The molecule has 0 aromatic heterocycles. The third kappa shape index (κ3) is 4.71. The smallest absolute Gasteiger partial charge is 0.309 e. The SMILES string of the molecule is COC(=O)Cc1ccc(OCC2(CBr)CCOCC2)cc1. The van der Waals surface area contributed by atoms with E-state index < -0.39 is 0 Å². The van der Waals surface area contributed by atoms with E-state index in [2.05, 4.69) is 20.7 Å². The Morgan fingerprint density at radius 1 is 1.29 bits per heavy atom. The van der Waals surface area contributed by atoms with Crippen molar-refractivity contribution in [2.75, 3.05) is 32.3 Å². The average Bonchev–Trinajstić information content (AvgIpc) is 2.55. The van der Waals surface area contributed by atoms with Crippen molar-refractivity contribution in [1.82, 2.24) is 0 Å². The molecule has 1 aliphatic rings. The lowest BCUT2D eigenvalue weighted by Gasteiger charge is -2.35. The van der Waals surface area contributed by atoms with Crippen molar-refractivity contribution in [2.24, 2.45) is 5.41 Å². The molecule has 2 rings (SSSR count). The summed E-state index contributed by atoms with van der Waals surface area (Å²) in [7, 11) is 1.40. The highest BCUT2D eigenvalue weighted by molar-refractivity contribution is 9.09. The maximum absolute atomic E-state index is 11.2. The van der Waals surface area contributed by atoms with Gasteiger partial charge in [-0.3, -0.25) is 4.79 Å². The molecule has 5 heteroatoms. The fourth-order valence-electron chi connectivity index (χ4n) is 2.30. The van der Waals surface area contributed by atoms with Crippen molar-refractivity contribution in [3.05, 3.63) is 29.8 Å². The van der Waals surface area contributed by atoms with Crippen LogP contribution in [0, 0.1) is 5.41 Å². The van der Waals surface area contributed by atoms with Gasteiger partial charge in [0.15, 0.2) is 0 Å². The van der Waals surface area contributed by atoms with Crippen molar-refractivity contribution in [3.63, 3.8) is 0 Å². The lowest BCUT2D eigenvalue weighted by Crippen LogP contribution is -2.36. The van der Waals surface area contributed by atoms with Crippen LogP contribution in [0.2, 0.25) is 0 Å². The van der Waals surface area contributed by atoms with E-state index in [1.165, 1.54) is 7.11 Å². The molecule has 1 fully saturated rings. The van der Waals surface area contributed by atoms with Gasteiger partial charge in [0.05, 0.1) is 20.1 Å². The number of ether oxygens (including phenoxy) is 3. The molecule has 0 unspecified atom stereocenters. The first-order valence-corrected chi connectivity index (χ1v) is 8.22. The number of esters is 1. The maximum Gasteiger partial charge on any atom is 0.309 e. The van der Waals surface area contributed by atoms with Gasteiger partial charge in [0.2, 0.25) is 0 Å². The summed E-state index contributed by atoms with van der Waals surface area (Å²) in [6.45, 7) is 2.28. The Labute approximate surface area is 133 Å². The molecule has 1 aromatic rings. The molecule has 116 valence electrons. The molecule has 0 radical (unpaired) electrons. The summed E-state index contributed by atoms with van der Waals surface area (Å²) in [5, 5.41) is 0.920. The van der Waals surface area contributed by atoms with Gasteiger partial charge in [-0.05, 0) is 30.5 Å². The second-order valence-corrected chi connectivity index (χ2v) is 5.99. The molecule has 0 spiro atoms. The van der Waals surface area contributed by atoms with Gasteiger partial charge in [-0.1, -0.05) is 28.1 Å². The fraction of sp³-hybridized carbons (Fsp3) is 0.562. The predicted octanol–water partition coefficient (Wildman–Crippen LogP) is 2.97. The minimum atomic E-state index is -0.232. The molecule has 0 aliphatic carbocycles. The normalized spacial score (nSPS) is 17.2. The first kappa shape index (κ1) is 16.3. The Kier molecular flexibility index (Phi) is 6.06. The van der Waals surface area contributed by atoms with E-state index in [0.29, 0.717) is 13.0 Å². The van der Waals surface area contributed by atoms with Crippen LogP contribution in [0.3, 0.4) is 0 Å². The van der Waals surface area contributed by atoms with Gasteiger partial charge in [-0.2, -0.15) is 0 Å². The van der Waals surface area contributed by atoms with Gasteiger partial charge in [0.1, 0.15) is 5.75 Å². The summed E-state index contributed by atoms with van der Waals surface area (Å²) in [5.41, 5.74) is 1.08. The maximum atomic E-state index is 11.2. The first-order valence-electron chi connectivity index (χ1n) is 7.10. The molecule has 0 bridgehead atoms. The molecular formula is C16H21BrO4. The molecule has 1 aliphatic heterocycles. The van der Waals surface area contributed by atoms with Crippen LogP contribution in [-0.2, 0) is 20.7 Å². The number of rotatable bonds is 6. The van der Waals surface area contributed by atoms with Crippen LogP contribution in [0.5, 0.6) is 5.75 Å². The van der Waals surface area contributed by atoms with Crippen molar-refractivity contribution < 1.29 is 19.0 Å². The highest BCUT2D eigenvalue weighted by Gasteiger charge is 2.32. The van der Waals surface area contributed by atoms with Gasteiger partial charge >= 0.3 is 5.97 Å². The Balaban J connectivity index is 1.89. The van der Waals surface area contributed by atoms with Crippen molar-refractivity contribution in [1.29, 1.82) is 0 Å². The van der Waals surface area contributed by atoms with Crippen LogP contribution in [0.25, 0.3) is 0 Å². The molecule has 21 heavy (non-hydrogen) atoms. The summed E-state index contributed by atoms with van der Waals surface area (Å²) in [6.07, 6.45) is 2.32. The third-order valence-electron chi connectivity index (χ3n) is 3.88. The summed E-state index contributed by atoms with van der Waals surface area (Å²) < 4.78 is 16.0. The topological polar surface area (TPSA) is 44.8 Å². The number of alkyl halides is 1. The monoisotopic (exact) mass is 356 g/mol. The van der Waals surface area contributed by atoms with E-state index in [1.54, 1.807) is 0 Å². The van der Waals surface area contributed by atoms with Gasteiger partial charge in [0.25, 0.3) is 0 Å². The zero-order valence-corrected chi connectivity index (χ0v) is 13.9. The van der Waals surface area contributed by atoms with Gasteiger partial charge in [-0.15, -0.1) is 0 Å². The number of methoxy groups -OCH3 is 1. The Bertz CT molecular complexity index is 452. The molecular weight excluding hydrogens is 336 g/mol. The summed E-state index contributed by atoms with van der Waals surface area (Å²) in [6, 6.07) is 7.60. The Hall–Kier alpha value is -1.07. The molecule has 0 N–H and O–H groups in total. The number of benzene rings is 1. The summed E-state index contributed by atoms with van der Waals surface area (Å²) in [5.74, 6) is 0.597. The van der Waals surface area contributed by atoms with Gasteiger partial charge < -0.3 is 14.2 Å². The van der Waals surface area contributed by atoms with E-state index in [9.17, 15) is 4.79 Å². The molecule has 0 saturated carbocycles. The fourth-order valence-corrected chi connectivity index (χ4v) is 3.02. The highest BCUT2D eigenvalue weighted by Crippen LogP contribution is 2.33. The van der Waals surface area contributed by atoms with Crippen LogP contribution in [0.1, 0.15) is 18.4 Å².